The summed E-state index contributed by atoms with van der Waals surface area (Å²) in [6.07, 6.45) is 1.61. The van der Waals surface area contributed by atoms with E-state index < -0.39 is 15.6 Å². The highest BCUT2D eigenvalue weighted by atomic mass is 32.2. The first kappa shape index (κ1) is 22.4. The minimum Gasteiger partial charge on any atom is -0.342 e. The Bertz CT molecular complexity index is 1280. The maximum absolute atomic E-state index is 11.9. The van der Waals surface area contributed by atoms with Gasteiger partial charge in [0.15, 0.2) is 9.84 Å². The van der Waals surface area contributed by atoms with Crippen LogP contribution in [0.5, 0.6) is 0 Å². The third kappa shape index (κ3) is 4.39. The van der Waals surface area contributed by atoms with Crippen molar-refractivity contribution in [3.63, 3.8) is 0 Å². The van der Waals surface area contributed by atoms with Crippen molar-refractivity contribution in [2.45, 2.75) is 29.9 Å². The number of hydrogen-bond donors (Lipinski definition) is 0. The SMILES string of the molecule is Cc1ccccc1[C@H](CC1(c2ccc(=O)n(C)n2)OCCO1)c1ccc(S(C)(=O)=O)cc1. The van der Waals surface area contributed by atoms with E-state index in [0.29, 0.717) is 25.3 Å². The van der Waals surface area contributed by atoms with Gasteiger partial charge >= 0.3 is 0 Å². The van der Waals surface area contributed by atoms with Gasteiger partial charge in [-0.05, 0) is 41.8 Å². The van der Waals surface area contributed by atoms with Crippen molar-refractivity contribution in [1.82, 2.24) is 9.78 Å². The summed E-state index contributed by atoms with van der Waals surface area (Å²) in [5, 5.41) is 4.41. The highest BCUT2D eigenvalue weighted by Crippen LogP contribution is 2.43. The molecule has 168 valence electrons. The molecule has 0 aliphatic carbocycles. The molecule has 1 saturated heterocycles. The third-order valence-corrected chi connectivity index (χ3v) is 6.98. The molecule has 0 N–H and O–H groups in total. The lowest BCUT2D eigenvalue weighted by molar-refractivity contribution is -0.176. The van der Waals surface area contributed by atoms with Gasteiger partial charge in [-0.3, -0.25) is 4.79 Å². The molecule has 0 bridgehead atoms. The van der Waals surface area contributed by atoms with Crippen LogP contribution in [-0.2, 0) is 32.1 Å². The predicted octanol–water partition coefficient (Wildman–Crippen LogP) is 2.91. The van der Waals surface area contributed by atoms with Crippen molar-refractivity contribution in [1.29, 1.82) is 0 Å². The topological polar surface area (TPSA) is 87.5 Å². The minimum atomic E-state index is -3.30. The normalized spacial score (nSPS) is 16.7. The number of nitrogens with zero attached hydrogens (tertiary/aromatic N) is 2. The Morgan fingerprint density at radius 2 is 1.69 bits per heavy atom. The number of rotatable bonds is 6. The zero-order chi connectivity index (χ0) is 22.9. The second-order valence-corrected chi connectivity index (χ2v) is 10.1. The molecule has 0 unspecified atom stereocenters. The maximum atomic E-state index is 11.9. The molecule has 1 aliphatic heterocycles. The van der Waals surface area contributed by atoms with Gasteiger partial charge < -0.3 is 9.47 Å². The van der Waals surface area contributed by atoms with E-state index in [1.165, 1.54) is 17.0 Å². The van der Waals surface area contributed by atoms with E-state index in [1.54, 1.807) is 25.2 Å². The molecular formula is C24H26N2O5S. The van der Waals surface area contributed by atoms with E-state index in [0.717, 1.165) is 16.7 Å². The minimum absolute atomic E-state index is 0.151. The molecule has 1 aliphatic rings. The molecule has 1 aromatic heterocycles. The summed E-state index contributed by atoms with van der Waals surface area (Å²) in [5.74, 6) is -1.27. The zero-order valence-electron chi connectivity index (χ0n) is 18.3. The lowest BCUT2D eigenvalue weighted by Crippen LogP contribution is -2.34. The van der Waals surface area contributed by atoms with Crippen LogP contribution in [0.3, 0.4) is 0 Å². The molecular weight excluding hydrogens is 428 g/mol. The molecule has 0 radical (unpaired) electrons. The summed E-state index contributed by atoms with van der Waals surface area (Å²) in [6.45, 7) is 2.87. The van der Waals surface area contributed by atoms with Crippen LogP contribution in [0.4, 0.5) is 0 Å². The van der Waals surface area contributed by atoms with Gasteiger partial charge in [0, 0.05) is 31.7 Å². The van der Waals surface area contributed by atoms with E-state index in [-0.39, 0.29) is 16.4 Å². The van der Waals surface area contributed by atoms with E-state index in [2.05, 4.69) is 11.2 Å². The first-order valence-electron chi connectivity index (χ1n) is 10.4. The summed E-state index contributed by atoms with van der Waals surface area (Å²) >= 11 is 0. The highest BCUT2D eigenvalue weighted by Gasteiger charge is 2.43. The Morgan fingerprint density at radius 3 is 2.28 bits per heavy atom. The van der Waals surface area contributed by atoms with Crippen molar-refractivity contribution < 1.29 is 17.9 Å². The molecule has 1 fully saturated rings. The number of benzene rings is 2. The van der Waals surface area contributed by atoms with E-state index in [4.69, 9.17) is 9.47 Å². The second-order valence-electron chi connectivity index (χ2n) is 8.08. The lowest BCUT2D eigenvalue weighted by atomic mass is 9.82. The van der Waals surface area contributed by atoms with Crippen LogP contribution in [0.15, 0.2) is 70.4 Å². The fourth-order valence-electron chi connectivity index (χ4n) is 4.13. The van der Waals surface area contributed by atoms with Gasteiger partial charge in [0.25, 0.3) is 5.56 Å². The molecule has 0 spiro atoms. The molecule has 7 nitrogen and oxygen atoms in total. The number of ether oxygens (including phenoxy) is 2. The van der Waals surface area contributed by atoms with Gasteiger partial charge in [-0.1, -0.05) is 36.4 Å². The first-order valence-corrected chi connectivity index (χ1v) is 12.3. The predicted molar refractivity (Wildman–Crippen MR) is 120 cm³/mol. The standard InChI is InChI=1S/C24H26N2O5S/c1-17-6-4-5-7-20(17)21(18-8-10-19(11-9-18)32(3,28)29)16-24(30-14-15-31-24)22-12-13-23(27)26(2)25-22/h4-13,21H,14-16H2,1-3H3/t21-/m1/s1. The Kier molecular flexibility index (Phi) is 6.03. The van der Waals surface area contributed by atoms with Crippen molar-refractivity contribution >= 4 is 9.84 Å². The molecule has 8 heteroatoms. The third-order valence-electron chi connectivity index (χ3n) is 5.85. The van der Waals surface area contributed by atoms with Crippen LogP contribution >= 0.6 is 0 Å². The fraction of sp³-hybridized carbons (Fsp3) is 0.333. The van der Waals surface area contributed by atoms with E-state index >= 15 is 0 Å². The Morgan fingerprint density at radius 1 is 1.03 bits per heavy atom. The maximum Gasteiger partial charge on any atom is 0.266 e. The fourth-order valence-corrected chi connectivity index (χ4v) is 4.76. The number of sulfone groups is 1. The van der Waals surface area contributed by atoms with Gasteiger partial charge in [0.05, 0.1) is 18.1 Å². The van der Waals surface area contributed by atoms with E-state index in [1.807, 2.05) is 37.3 Å². The average molecular weight is 455 g/mol. The molecule has 0 saturated carbocycles. The molecule has 3 aromatic rings. The Balaban J connectivity index is 1.82. The van der Waals surface area contributed by atoms with Crippen LogP contribution < -0.4 is 5.56 Å². The van der Waals surface area contributed by atoms with Crippen molar-refractivity contribution in [3.05, 3.63) is 93.4 Å². The first-order chi connectivity index (χ1) is 15.2. The van der Waals surface area contributed by atoms with Crippen molar-refractivity contribution in [2.75, 3.05) is 19.5 Å². The van der Waals surface area contributed by atoms with Crippen molar-refractivity contribution in [3.8, 4) is 0 Å². The Labute approximate surface area is 187 Å². The van der Waals surface area contributed by atoms with Crippen LogP contribution in [0.1, 0.15) is 34.7 Å². The highest BCUT2D eigenvalue weighted by molar-refractivity contribution is 7.90. The molecule has 2 aromatic carbocycles. The molecule has 32 heavy (non-hydrogen) atoms. The largest absolute Gasteiger partial charge is 0.342 e. The van der Waals surface area contributed by atoms with Gasteiger partial charge in [-0.15, -0.1) is 0 Å². The molecule has 4 rings (SSSR count). The molecule has 1 atom stereocenters. The van der Waals surface area contributed by atoms with E-state index in [9.17, 15) is 13.2 Å². The van der Waals surface area contributed by atoms with Gasteiger partial charge in [-0.25, -0.2) is 13.1 Å². The van der Waals surface area contributed by atoms with Gasteiger partial charge in [0.1, 0.15) is 5.69 Å². The monoisotopic (exact) mass is 454 g/mol. The number of hydrogen-bond acceptors (Lipinski definition) is 6. The number of aryl methyl sites for hydroxylation is 2. The summed E-state index contributed by atoms with van der Waals surface area (Å²) in [4.78, 5) is 12.2. The molecule has 0 amide bonds. The molecule has 2 heterocycles. The summed E-state index contributed by atoms with van der Waals surface area (Å²) in [6, 6.07) is 18.1. The van der Waals surface area contributed by atoms with Crippen molar-refractivity contribution in [2.24, 2.45) is 7.05 Å². The summed E-state index contributed by atoms with van der Waals surface area (Å²) in [7, 11) is -1.70. The number of aromatic nitrogens is 2. The summed E-state index contributed by atoms with van der Waals surface area (Å²) in [5.41, 5.74) is 3.45. The quantitative estimate of drug-likeness (QED) is 0.569. The van der Waals surface area contributed by atoms with Gasteiger partial charge in [0.2, 0.25) is 5.79 Å². The Hall–Kier alpha value is -2.81. The van der Waals surface area contributed by atoms with Crippen LogP contribution in [-0.4, -0.2) is 37.7 Å². The smallest absolute Gasteiger partial charge is 0.266 e. The van der Waals surface area contributed by atoms with Crippen LogP contribution in [0.2, 0.25) is 0 Å². The van der Waals surface area contributed by atoms with Crippen LogP contribution in [0, 0.1) is 6.92 Å². The lowest BCUT2D eigenvalue weighted by Gasteiger charge is -2.32. The summed E-state index contributed by atoms with van der Waals surface area (Å²) < 4.78 is 37.4. The van der Waals surface area contributed by atoms with Gasteiger partial charge in [-0.2, -0.15) is 5.10 Å². The van der Waals surface area contributed by atoms with Crippen LogP contribution in [0.25, 0.3) is 0 Å². The zero-order valence-corrected chi connectivity index (χ0v) is 19.1. The second kappa shape index (κ2) is 8.61. The average Bonchev–Trinajstić information content (AvgIpc) is 3.24.